The van der Waals surface area contributed by atoms with Gasteiger partial charge in [0.05, 0.1) is 23.6 Å². The van der Waals surface area contributed by atoms with Gasteiger partial charge in [0.1, 0.15) is 0 Å². The minimum atomic E-state index is -0.842. The monoisotopic (exact) mass is 427 g/mol. The van der Waals surface area contributed by atoms with E-state index in [9.17, 15) is 19.2 Å². The quantitative estimate of drug-likeness (QED) is 0.589. The van der Waals surface area contributed by atoms with E-state index in [1.807, 2.05) is 30.3 Å². The predicted octanol–water partition coefficient (Wildman–Crippen LogP) is 3.44. The molecule has 32 heavy (non-hydrogen) atoms. The highest BCUT2D eigenvalue weighted by molar-refractivity contribution is 6.21. The van der Waals surface area contributed by atoms with Crippen LogP contribution < -0.4 is 10.6 Å². The van der Waals surface area contributed by atoms with Gasteiger partial charge in [-0.05, 0) is 23.3 Å². The number of carbonyl (C=O) groups is 4. The van der Waals surface area contributed by atoms with Crippen molar-refractivity contribution in [1.29, 1.82) is 0 Å². The number of fused-ring (bicyclic) bond motifs is 1. The summed E-state index contributed by atoms with van der Waals surface area (Å²) < 4.78 is 0. The topological polar surface area (TPSA) is 95.6 Å². The second kappa shape index (κ2) is 9.26. The molecular formula is C25H21N3O4. The van der Waals surface area contributed by atoms with Crippen molar-refractivity contribution >= 4 is 23.8 Å². The summed E-state index contributed by atoms with van der Waals surface area (Å²) in [5.74, 6) is -1.51. The maximum absolute atomic E-state index is 13.0. The molecule has 160 valence electrons. The molecule has 0 radical (unpaired) electrons. The molecule has 0 unspecified atom stereocenters. The van der Waals surface area contributed by atoms with Crippen molar-refractivity contribution < 1.29 is 19.2 Å². The Labute approximate surface area is 185 Å². The Kier molecular flexibility index (Phi) is 6.07. The Morgan fingerprint density at radius 2 is 1.28 bits per heavy atom. The largest absolute Gasteiger partial charge is 0.334 e. The number of urea groups is 1. The van der Waals surface area contributed by atoms with Crippen molar-refractivity contribution in [3.8, 4) is 0 Å². The first-order valence-corrected chi connectivity index (χ1v) is 10.2. The van der Waals surface area contributed by atoms with Crippen LogP contribution in [0.2, 0.25) is 0 Å². The van der Waals surface area contributed by atoms with E-state index in [2.05, 4.69) is 10.6 Å². The van der Waals surface area contributed by atoms with Gasteiger partial charge in [-0.15, -0.1) is 0 Å². The van der Waals surface area contributed by atoms with Crippen LogP contribution in [0.15, 0.2) is 84.9 Å². The molecule has 1 atom stereocenters. The van der Waals surface area contributed by atoms with Crippen molar-refractivity contribution in [2.75, 3.05) is 0 Å². The first-order chi connectivity index (χ1) is 15.5. The van der Waals surface area contributed by atoms with Crippen LogP contribution in [0.3, 0.4) is 0 Å². The minimum Gasteiger partial charge on any atom is -0.334 e. The first-order valence-electron chi connectivity index (χ1n) is 10.2. The van der Waals surface area contributed by atoms with E-state index >= 15 is 0 Å². The van der Waals surface area contributed by atoms with Crippen LogP contribution in [0.5, 0.6) is 0 Å². The van der Waals surface area contributed by atoms with Crippen LogP contribution in [0.1, 0.15) is 44.3 Å². The normalized spacial score (nSPS) is 13.4. The van der Waals surface area contributed by atoms with Gasteiger partial charge in [-0.1, -0.05) is 72.8 Å². The molecule has 0 aliphatic carbocycles. The number of imide groups is 2. The van der Waals surface area contributed by atoms with Gasteiger partial charge in [0.25, 0.3) is 11.8 Å². The van der Waals surface area contributed by atoms with E-state index in [1.165, 1.54) is 0 Å². The molecule has 0 fully saturated rings. The van der Waals surface area contributed by atoms with Crippen molar-refractivity contribution in [2.24, 2.45) is 0 Å². The van der Waals surface area contributed by atoms with Crippen molar-refractivity contribution in [1.82, 2.24) is 15.5 Å². The molecule has 3 aromatic carbocycles. The Balaban J connectivity index is 1.49. The Morgan fingerprint density at radius 3 is 1.88 bits per heavy atom. The molecular weight excluding hydrogens is 406 g/mol. The molecule has 5 amide bonds. The molecule has 1 aliphatic heterocycles. The van der Waals surface area contributed by atoms with Gasteiger partial charge in [-0.25, -0.2) is 4.79 Å². The summed E-state index contributed by atoms with van der Waals surface area (Å²) in [6, 6.07) is 23.2. The lowest BCUT2D eigenvalue weighted by molar-refractivity contribution is -0.120. The van der Waals surface area contributed by atoms with Gasteiger partial charge in [-0.2, -0.15) is 0 Å². The van der Waals surface area contributed by atoms with Gasteiger partial charge in [0, 0.05) is 6.54 Å². The van der Waals surface area contributed by atoms with Gasteiger partial charge in [-0.3, -0.25) is 24.6 Å². The van der Waals surface area contributed by atoms with Gasteiger partial charge in [0.2, 0.25) is 5.91 Å². The van der Waals surface area contributed by atoms with E-state index in [0.29, 0.717) is 16.7 Å². The Hall–Kier alpha value is -4.26. The van der Waals surface area contributed by atoms with Crippen molar-refractivity contribution in [3.05, 3.63) is 107 Å². The summed E-state index contributed by atoms with van der Waals surface area (Å²) in [5, 5.41) is 4.91. The van der Waals surface area contributed by atoms with Crippen molar-refractivity contribution in [2.45, 2.75) is 19.0 Å². The van der Waals surface area contributed by atoms with Crippen LogP contribution >= 0.6 is 0 Å². The highest BCUT2D eigenvalue weighted by Crippen LogP contribution is 2.33. The number of carbonyl (C=O) groups excluding carboxylic acids is 4. The number of nitrogens with zero attached hydrogens (tertiary/aromatic N) is 1. The minimum absolute atomic E-state index is 0.242. The summed E-state index contributed by atoms with van der Waals surface area (Å²) in [7, 11) is 0. The second-order valence-electron chi connectivity index (χ2n) is 7.37. The molecule has 4 rings (SSSR count). The molecule has 1 heterocycles. The molecule has 0 bridgehead atoms. The highest BCUT2D eigenvalue weighted by atomic mass is 16.2. The van der Waals surface area contributed by atoms with Gasteiger partial charge < -0.3 is 5.32 Å². The fourth-order valence-electron chi connectivity index (χ4n) is 3.70. The van der Waals surface area contributed by atoms with E-state index in [0.717, 1.165) is 10.5 Å². The van der Waals surface area contributed by atoms with Gasteiger partial charge >= 0.3 is 6.03 Å². The predicted molar refractivity (Wildman–Crippen MR) is 118 cm³/mol. The number of hydrogen-bond acceptors (Lipinski definition) is 4. The average molecular weight is 427 g/mol. The molecule has 0 saturated heterocycles. The third-order valence-electron chi connectivity index (χ3n) is 5.25. The lowest BCUT2D eigenvalue weighted by atomic mass is 10.0. The summed E-state index contributed by atoms with van der Waals surface area (Å²) in [6.07, 6.45) is -0.242. The van der Waals surface area contributed by atoms with Crippen LogP contribution in [-0.2, 0) is 11.3 Å². The SMILES string of the molecule is O=C(C[C@@H](c1ccccc1)N1C(=O)c2ccccc2C1=O)NC(=O)NCc1ccccc1. The summed E-state index contributed by atoms with van der Waals surface area (Å²) in [4.78, 5) is 51.9. The third kappa shape index (κ3) is 4.41. The molecule has 7 nitrogen and oxygen atoms in total. The standard InChI is InChI=1S/C25H21N3O4/c29-22(27-25(32)26-16-17-9-3-1-4-10-17)15-21(18-11-5-2-6-12-18)28-23(30)19-13-7-8-14-20(19)24(28)31/h1-14,21H,15-16H2,(H2,26,27,29,32)/t21-/m0/s1. The highest BCUT2D eigenvalue weighted by Gasteiger charge is 2.41. The Morgan fingerprint density at radius 1 is 0.750 bits per heavy atom. The Bertz CT molecular complexity index is 1130. The summed E-state index contributed by atoms with van der Waals surface area (Å²) in [5.41, 5.74) is 2.13. The van der Waals surface area contributed by atoms with Crippen LogP contribution in [0.4, 0.5) is 4.79 Å². The maximum atomic E-state index is 13.0. The van der Waals surface area contributed by atoms with Gasteiger partial charge in [0.15, 0.2) is 0 Å². The summed E-state index contributed by atoms with van der Waals surface area (Å²) in [6.45, 7) is 0.264. The average Bonchev–Trinajstić information content (AvgIpc) is 3.07. The maximum Gasteiger partial charge on any atom is 0.321 e. The van der Waals surface area contributed by atoms with Crippen LogP contribution in [0, 0.1) is 0 Å². The fraction of sp³-hybridized carbons (Fsp3) is 0.120. The molecule has 0 aromatic heterocycles. The molecule has 7 heteroatoms. The van der Waals surface area contributed by atoms with E-state index in [4.69, 9.17) is 0 Å². The molecule has 1 aliphatic rings. The van der Waals surface area contributed by atoms with Crippen LogP contribution in [0.25, 0.3) is 0 Å². The number of amides is 5. The van der Waals surface area contributed by atoms with Crippen LogP contribution in [-0.4, -0.2) is 28.7 Å². The van der Waals surface area contributed by atoms with E-state index < -0.39 is 29.8 Å². The smallest absolute Gasteiger partial charge is 0.321 e. The number of benzene rings is 3. The second-order valence-corrected chi connectivity index (χ2v) is 7.37. The molecule has 0 saturated carbocycles. The lowest BCUT2D eigenvalue weighted by Gasteiger charge is -2.26. The zero-order chi connectivity index (χ0) is 22.5. The molecule has 2 N–H and O–H groups in total. The first kappa shape index (κ1) is 21.0. The molecule has 0 spiro atoms. The number of rotatable bonds is 6. The zero-order valence-corrected chi connectivity index (χ0v) is 17.2. The fourth-order valence-corrected chi connectivity index (χ4v) is 3.70. The third-order valence-corrected chi connectivity index (χ3v) is 5.25. The van der Waals surface area contributed by atoms with E-state index in [1.54, 1.807) is 54.6 Å². The number of hydrogen-bond donors (Lipinski definition) is 2. The van der Waals surface area contributed by atoms with Crippen molar-refractivity contribution in [3.63, 3.8) is 0 Å². The zero-order valence-electron chi connectivity index (χ0n) is 17.2. The van der Waals surface area contributed by atoms with E-state index in [-0.39, 0.29) is 13.0 Å². The molecule has 3 aromatic rings. The number of nitrogens with one attached hydrogen (secondary N) is 2. The summed E-state index contributed by atoms with van der Waals surface area (Å²) >= 11 is 0. The lowest BCUT2D eigenvalue weighted by Crippen LogP contribution is -2.42.